The molecule has 0 fully saturated rings. The molecule has 11 rings (SSSR count). The average Bonchev–Trinajstić information content (AvgIpc) is 3.82. The van der Waals surface area contributed by atoms with Crippen LogP contribution in [0.2, 0.25) is 0 Å². The van der Waals surface area contributed by atoms with E-state index >= 15 is 0 Å². The standard InChI is InChI=1S/C52H34N2O2/c1-4-17-35(18-5-1)41-25-12-14-27-44(41)54(39-23-8-3-9-24-39)46-33-40(34-50-52(46)43-31-36-19-10-11-20-37(36)32-49(43)56-50)53(38-21-6-2-7-22-38)45-28-16-30-48-51(45)42-26-13-15-29-47(42)55-48/h1-34H. The molecule has 4 nitrogen and oxygen atoms in total. The fourth-order valence-corrected chi connectivity index (χ4v) is 8.32. The van der Waals surface area contributed by atoms with Crippen molar-refractivity contribution in [2.45, 2.75) is 0 Å². The first kappa shape index (κ1) is 31.9. The summed E-state index contributed by atoms with van der Waals surface area (Å²) in [5.74, 6) is 0. The summed E-state index contributed by atoms with van der Waals surface area (Å²) < 4.78 is 13.4. The normalized spacial score (nSPS) is 11.6. The van der Waals surface area contributed by atoms with Crippen LogP contribution in [-0.2, 0) is 0 Å². The minimum atomic E-state index is 0.797. The lowest BCUT2D eigenvalue weighted by atomic mass is 9.99. The number of fused-ring (bicyclic) bond motifs is 7. The van der Waals surface area contributed by atoms with Gasteiger partial charge in [-0.2, -0.15) is 0 Å². The first-order valence-corrected chi connectivity index (χ1v) is 18.9. The zero-order chi connectivity index (χ0) is 37.0. The predicted molar refractivity (Wildman–Crippen MR) is 233 cm³/mol. The van der Waals surface area contributed by atoms with Crippen molar-refractivity contribution in [2.75, 3.05) is 9.80 Å². The van der Waals surface area contributed by atoms with E-state index in [4.69, 9.17) is 8.83 Å². The smallest absolute Gasteiger partial charge is 0.139 e. The van der Waals surface area contributed by atoms with E-state index in [-0.39, 0.29) is 0 Å². The molecular formula is C52H34N2O2. The molecule has 264 valence electrons. The summed E-state index contributed by atoms with van der Waals surface area (Å²) in [7, 11) is 0. The van der Waals surface area contributed by atoms with Crippen LogP contribution in [0.5, 0.6) is 0 Å². The van der Waals surface area contributed by atoms with Crippen LogP contribution < -0.4 is 9.80 Å². The third-order valence-corrected chi connectivity index (χ3v) is 10.8. The molecule has 2 heterocycles. The molecule has 0 saturated heterocycles. The Labute approximate surface area is 323 Å². The zero-order valence-corrected chi connectivity index (χ0v) is 30.3. The van der Waals surface area contributed by atoms with Crippen LogP contribution in [0.1, 0.15) is 0 Å². The Kier molecular flexibility index (Phi) is 7.46. The number of hydrogen-bond donors (Lipinski definition) is 0. The van der Waals surface area contributed by atoms with Crippen LogP contribution in [-0.4, -0.2) is 0 Å². The SMILES string of the molecule is c1ccc(-c2ccccc2N(c2ccccc2)c2cc(N(c3ccccc3)c3cccc4oc5ccccc5c34)cc3oc4cc5ccccc5cc4c23)cc1. The van der Waals surface area contributed by atoms with E-state index in [1.165, 1.54) is 0 Å². The van der Waals surface area contributed by atoms with Gasteiger partial charge in [0.15, 0.2) is 0 Å². The van der Waals surface area contributed by atoms with Gasteiger partial charge in [0.2, 0.25) is 0 Å². The molecule has 0 N–H and O–H groups in total. The van der Waals surface area contributed by atoms with Crippen molar-refractivity contribution in [1.29, 1.82) is 0 Å². The summed E-state index contributed by atoms with van der Waals surface area (Å²) in [6.45, 7) is 0. The molecule has 2 aromatic heterocycles. The quantitative estimate of drug-likeness (QED) is 0.164. The number of para-hydroxylation sites is 4. The van der Waals surface area contributed by atoms with Crippen LogP contribution in [0.25, 0.3) is 65.8 Å². The molecule has 4 heteroatoms. The molecular weight excluding hydrogens is 685 g/mol. The van der Waals surface area contributed by atoms with Gasteiger partial charge in [-0.05, 0) is 83.1 Å². The summed E-state index contributed by atoms with van der Waals surface area (Å²) in [6, 6.07) is 72.6. The maximum absolute atomic E-state index is 6.97. The third-order valence-electron chi connectivity index (χ3n) is 10.8. The van der Waals surface area contributed by atoms with Crippen LogP contribution >= 0.6 is 0 Å². The topological polar surface area (TPSA) is 32.8 Å². The van der Waals surface area contributed by atoms with Crippen molar-refractivity contribution in [3.05, 3.63) is 206 Å². The van der Waals surface area contributed by atoms with E-state index in [1.807, 2.05) is 12.1 Å². The van der Waals surface area contributed by atoms with Crippen molar-refractivity contribution >= 4 is 88.8 Å². The highest BCUT2D eigenvalue weighted by Crippen LogP contribution is 2.50. The number of hydrogen-bond acceptors (Lipinski definition) is 4. The molecule has 0 aliphatic rings. The Morgan fingerprint density at radius 2 is 0.875 bits per heavy atom. The van der Waals surface area contributed by atoms with Gasteiger partial charge in [0.1, 0.15) is 22.3 Å². The first-order valence-electron chi connectivity index (χ1n) is 18.9. The molecule has 0 spiro atoms. The summed E-state index contributed by atoms with van der Waals surface area (Å²) in [5, 5.41) is 6.53. The maximum Gasteiger partial charge on any atom is 0.139 e. The number of nitrogens with zero attached hydrogens (tertiary/aromatic N) is 2. The Bertz CT molecular complexity index is 3200. The van der Waals surface area contributed by atoms with E-state index in [0.29, 0.717) is 0 Å². The monoisotopic (exact) mass is 718 g/mol. The molecule has 56 heavy (non-hydrogen) atoms. The highest BCUT2D eigenvalue weighted by molar-refractivity contribution is 6.19. The third kappa shape index (κ3) is 5.23. The second kappa shape index (κ2) is 13.1. The van der Waals surface area contributed by atoms with Crippen LogP contribution in [0.4, 0.5) is 34.1 Å². The second-order valence-electron chi connectivity index (χ2n) is 14.1. The van der Waals surface area contributed by atoms with Gasteiger partial charge in [0.05, 0.1) is 33.5 Å². The van der Waals surface area contributed by atoms with E-state index in [1.54, 1.807) is 0 Å². The Morgan fingerprint density at radius 3 is 1.66 bits per heavy atom. The number of furan rings is 2. The van der Waals surface area contributed by atoms with Crippen LogP contribution in [0, 0.1) is 0 Å². The van der Waals surface area contributed by atoms with E-state index in [9.17, 15) is 0 Å². The van der Waals surface area contributed by atoms with E-state index in [0.717, 1.165) is 99.9 Å². The lowest BCUT2D eigenvalue weighted by molar-refractivity contribution is 0.669. The van der Waals surface area contributed by atoms with Gasteiger partial charge in [-0.25, -0.2) is 0 Å². The van der Waals surface area contributed by atoms with Crippen molar-refractivity contribution in [1.82, 2.24) is 0 Å². The van der Waals surface area contributed by atoms with E-state index < -0.39 is 0 Å². The lowest BCUT2D eigenvalue weighted by Gasteiger charge is -2.31. The number of rotatable bonds is 7. The Hall–Kier alpha value is -7.56. The fourth-order valence-electron chi connectivity index (χ4n) is 8.32. The molecule has 0 aliphatic heterocycles. The van der Waals surface area contributed by atoms with E-state index in [2.05, 4.69) is 204 Å². The minimum absolute atomic E-state index is 0.797. The molecule has 0 aliphatic carbocycles. The van der Waals surface area contributed by atoms with Crippen LogP contribution in [0.3, 0.4) is 0 Å². The van der Waals surface area contributed by atoms with Crippen LogP contribution in [0.15, 0.2) is 215 Å². The molecule has 0 bridgehead atoms. The second-order valence-corrected chi connectivity index (χ2v) is 14.1. The molecule has 0 atom stereocenters. The molecule has 0 radical (unpaired) electrons. The summed E-state index contributed by atoms with van der Waals surface area (Å²) >= 11 is 0. The summed E-state index contributed by atoms with van der Waals surface area (Å²) in [6.07, 6.45) is 0. The minimum Gasteiger partial charge on any atom is -0.456 e. The van der Waals surface area contributed by atoms with Gasteiger partial charge in [0.25, 0.3) is 0 Å². The lowest BCUT2D eigenvalue weighted by Crippen LogP contribution is -2.14. The first-order chi connectivity index (χ1) is 27.8. The molecule has 0 unspecified atom stereocenters. The highest BCUT2D eigenvalue weighted by atomic mass is 16.3. The highest BCUT2D eigenvalue weighted by Gasteiger charge is 2.26. The van der Waals surface area contributed by atoms with Gasteiger partial charge >= 0.3 is 0 Å². The van der Waals surface area contributed by atoms with Gasteiger partial charge < -0.3 is 18.6 Å². The van der Waals surface area contributed by atoms with Gasteiger partial charge in [0, 0.05) is 33.8 Å². The van der Waals surface area contributed by atoms with Crippen molar-refractivity contribution in [2.24, 2.45) is 0 Å². The molecule has 0 amide bonds. The summed E-state index contributed by atoms with van der Waals surface area (Å²) in [5.41, 5.74) is 11.7. The largest absolute Gasteiger partial charge is 0.456 e. The van der Waals surface area contributed by atoms with Gasteiger partial charge in [-0.1, -0.05) is 133 Å². The maximum atomic E-state index is 6.97. The molecule has 9 aromatic carbocycles. The van der Waals surface area contributed by atoms with Gasteiger partial charge in [-0.15, -0.1) is 0 Å². The predicted octanol–water partition coefficient (Wildman–Crippen LogP) is 15.2. The molecule has 0 saturated carbocycles. The fraction of sp³-hybridized carbons (Fsp3) is 0. The average molecular weight is 719 g/mol. The molecule has 11 aromatic rings. The summed E-state index contributed by atoms with van der Waals surface area (Å²) in [4.78, 5) is 4.73. The number of anilines is 6. The van der Waals surface area contributed by atoms with Gasteiger partial charge in [-0.3, -0.25) is 0 Å². The zero-order valence-electron chi connectivity index (χ0n) is 30.3. The van der Waals surface area contributed by atoms with Crippen molar-refractivity contribution < 1.29 is 8.83 Å². The number of benzene rings is 9. The van der Waals surface area contributed by atoms with Crippen molar-refractivity contribution in [3.8, 4) is 11.1 Å². The van der Waals surface area contributed by atoms with Crippen molar-refractivity contribution in [3.63, 3.8) is 0 Å². The Morgan fingerprint density at radius 1 is 0.304 bits per heavy atom. The Balaban J connectivity index is 1.27.